The minimum Gasteiger partial charge on any atom is -0.445 e. The van der Waals surface area contributed by atoms with Crippen LogP contribution in [0.4, 0.5) is 20.7 Å². The first-order chi connectivity index (χ1) is 16.5. The zero-order chi connectivity index (χ0) is 23.9. The normalized spacial score (nSPS) is 10.5. The Balaban J connectivity index is 1.30. The Morgan fingerprint density at radius 2 is 1.88 bits per heavy atom. The smallest absolute Gasteiger partial charge is 0.407 e. The van der Waals surface area contributed by atoms with Crippen LogP contribution in [0.5, 0.6) is 0 Å². The van der Waals surface area contributed by atoms with Gasteiger partial charge in [0.15, 0.2) is 5.82 Å². The maximum Gasteiger partial charge on any atom is 0.407 e. The van der Waals surface area contributed by atoms with Crippen LogP contribution in [-0.4, -0.2) is 26.8 Å². The zero-order valence-electron chi connectivity index (χ0n) is 17.9. The van der Waals surface area contributed by atoms with E-state index in [1.165, 1.54) is 23.0 Å². The number of alkyl carbamates (subject to hydrolysis) is 1. The summed E-state index contributed by atoms with van der Waals surface area (Å²) in [6, 6.07) is 16.1. The van der Waals surface area contributed by atoms with E-state index >= 15 is 0 Å². The van der Waals surface area contributed by atoms with E-state index in [0.717, 1.165) is 11.1 Å². The van der Waals surface area contributed by atoms with E-state index in [1.807, 2.05) is 6.07 Å². The largest absolute Gasteiger partial charge is 0.445 e. The Kier molecular flexibility index (Phi) is 6.78. The fraction of sp³-hybridized carbons (Fsp3) is 0.0833. The van der Waals surface area contributed by atoms with Gasteiger partial charge < -0.3 is 21.1 Å². The number of rotatable bonds is 7. The third-order valence-electron chi connectivity index (χ3n) is 4.79. The summed E-state index contributed by atoms with van der Waals surface area (Å²) in [5, 5.41) is 9.52. The first-order valence-corrected chi connectivity index (χ1v) is 10.3. The van der Waals surface area contributed by atoms with Gasteiger partial charge in [-0.15, -0.1) is 5.10 Å². The predicted octanol–water partition coefficient (Wildman–Crippen LogP) is 3.67. The molecule has 0 radical (unpaired) electrons. The first kappa shape index (κ1) is 22.5. The van der Waals surface area contributed by atoms with E-state index in [1.54, 1.807) is 54.9 Å². The molecule has 4 rings (SSSR count). The number of amides is 2. The Morgan fingerprint density at radius 1 is 1.06 bits per heavy atom. The second-order valence-electron chi connectivity index (χ2n) is 7.30. The molecule has 2 heterocycles. The molecule has 34 heavy (non-hydrogen) atoms. The van der Waals surface area contributed by atoms with Gasteiger partial charge in [-0.2, -0.15) is 0 Å². The lowest BCUT2D eigenvalue weighted by atomic mass is 10.1. The van der Waals surface area contributed by atoms with E-state index in [9.17, 15) is 14.0 Å². The highest BCUT2D eigenvalue weighted by atomic mass is 19.1. The molecule has 0 unspecified atom stereocenters. The summed E-state index contributed by atoms with van der Waals surface area (Å²) >= 11 is 0. The van der Waals surface area contributed by atoms with Crippen LogP contribution < -0.4 is 16.4 Å². The Labute approximate surface area is 194 Å². The lowest BCUT2D eigenvalue weighted by Crippen LogP contribution is -2.23. The molecule has 2 aromatic carbocycles. The molecule has 0 fully saturated rings. The number of hydrogen-bond acceptors (Lipinski definition) is 6. The number of hydrogen-bond donors (Lipinski definition) is 3. The van der Waals surface area contributed by atoms with Gasteiger partial charge in [-0.25, -0.2) is 13.9 Å². The van der Waals surface area contributed by atoms with Crippen molar-refractivity contribution in [1.82, 2.24) is 20.1 Å². The molecule has 4 N–H and O–H groups in total. The fourth-order valence-electron chi connectivity index (χ4n) is 3.05. The molecule has 4 aromatic rings. The Morgan fingerprint density at radius 3 is 2.62 bits per heavy atom. The third-order valence-corrected chi connectivity index (χ3v) is 4.79. The zero-order valence-corrected chi connectivity index (χ0v) is 17.9. The van der Waals surface area contributed by atoms with Gasteiger partial charge in [-0.1, -0.05) is 24.3 Å². The second-order valence-corrected chi connectivity index (χ2v) is 7.30. The summed E-state index contributed by atoms with van der Waals surface area (Å²) < 4.78 is 20.0. The predicted molar refractivity (Wildman–Crippen MR) is 124 cm³/mol. The number of pyridine rings is 1. The van der Waals surface area contributed by atoms with Crippen LogP contribution in [0.3, 0.4) is 0 Å². The number of carbonyl (C=O) groups excluding carboxylic acids is 2. The van der Waals surface area contributed by atoms with Crippen LogP contribution in [-0.2, 0) is 17.9 Å². The van der Waals surface area contributed by atoms with Crippen molar-refractivity contribution in [2.45, 2.75) is 13.2 Å². The summed E-state index contributed by atoms with van der Waals surface area (Å²) in [6.45, 7) is 0.357. The quantitative estimate of drug-likeness (QED) is 0.387. The monoisotopic (exact) mass is 460 g/mol. The highest BCUT2D eigenvalue weighted by Crippen LogP contribution is 2.20. The van der Waals surface area contributed by atoms with E-state index in [0.29, 0.717) is 11.3 Å². The standard InChI is InChI=1S/C24H21FN6O3/c25-19-4-1-5-20(11-19)31-14-21(26)22(30-31)29-23(32)18-8-6-16(7-9-18)13-28-24(33)34-15-17-3-2-10-27-12-17/h1-12,14H,13,15,26H2,(H,28,33)(H,29,30,32). The Hall–Kier alpha value is -4.73. The number of anilines is 2. The van der Waals surface area contributed by atoms with E-state index < -0.39 is 17.8 Å². The average Bonchev–Trinajstić information content (AvgIpc) is 3.22. The van der Waals surface area contributed by atoms with Crippen molar-refractivity contribution in [3.8, 4) is 5.69 Å². The molecule has 0 aliphatic carbocycles. The minimum absolute atomic E-state index is 0.122. The third kappa shape index (κ3) is 5.74. The van der Waals surface area contributed by atoms with Crippen LogP contribution >= 0.6 is 0 Å². The van der Waals surface area contributed by atoms with Crippen molar-refractivity contribution in [1.29, 1.82) is 0 Å². The summed E-state index contributed by atoms with van der Waals surface area (Å²) in [5.74, 6) is -0.656. The molecule has 0 spiro atoms. The van der Waals surface area contributed by atoms with Crippen molar-refractivity contribution in [2.24, 2.45) is 0 Å². The maximum absolute atomic E-state index is 13.5. The van der Waals surface area contributed by atoms with Gasteiger partial charge >= 0.3 is 6.09 Å². The number of nitrogens with two attached hydrogens (primary N) is 1. The molecule has 0 bridgehead atoms. The number of benzene rings is 2. The van der Waals surface area contributed by atoms with Gasteiger partial charge in [0.1, 0.15) is 12.4 Å². The van der Waals surface area contributed by atoms with Gasteiger partial charge in [0.2, 0.25) is 0 Å². The molecule has 172 valence electrons. The molecule has 0 aliphatic heterocycles. The lowest BCUT2D eigenvalue weighted by Gasteiger charge is -2.08. The van der Waals surface area contributed by atoms with Gasteiger partial charge in [0.05, 0.1) is 17.6 Å². The minimum atomic E-state index is -0.560. The van der Waals surface area contributed by atoms with Crippen LogP contribution in [0.1, 0.15) is 21.5 Å². The number of nitrogens with one attached hydrogen (secondary N) is 2. The van der Waals surface area contributed by atoms with Crippen LogP contribution in [0.2, 0.25) is 0 Å². The number of ether oxygens (including phenoxy) is 1. The second kappa shape index (κ2) is 10.3. The summed E-state index contributed by atoms with van der Waals surface area (Å²) in [6.07, 6.45) is 4.19. The average molecular weight is 460 g/mol. The van der Waals surface area contributed by atoms with Crippen molar-refractivity contribution < 1.29 is 18.7 Å². The first-order valence-electron chi connectivity index (χ1n) is 10.3. The molecule has 0 saturated carbocycles. The van der Waals surface area contributed by atoms with Crippen molar-refractivity contribution >= 4 is 23.5 Å². The molecule has 0 aliphatic rings. The van der Waals surface area contributed by atoms with E-state index in [-0.39, 0.29) is 24.7 Å². The van der Waals surface area contributed by atoms with Crippen LogP contribution in [0.25, 0.3) is 5.69 Å². The highest BCUT2D eigenvalue weighted by molar-refractivity contribution is 6.05. The van der Waals surface area contributed by atoms with Crippen LogP contribution in [0, 0.1) is 5.82 Å². The molecule has 0 atom stereocenters. The lowest BCUT2D eigenvalue weighted by molar-refractivity contribution is 0.102. The molecule has 10 heteroatoms. The summed E-state index contributed by atoms with van der Waals surface area (Å²) in [4.78, 5) is 28.4. The Bertz CT molecular complexity index is 1290. The van der Waals surface area contributed by atoms with Gasteiger partial charge in [0.25, 0.3) is 5.91 Å². The highest BCUT2D eigenvalue weighted by Gasteiger charge is 2.13. The summed E-state index contributed by atoms with van der Waals surface area (Å²) in [7, 11) is 0. The number of nitrogen functional groups attached to an aromatic ring is 1. The number of nitrogens with zero attached hydrogens (tertiary/aromatic N) is 3. The molecule has 0 saturated heterocycles. The number of carbonyl (C=O) groups is 2. The molecular formula is C24H21FN6O3. The maximum atomic E-state index is 13.5. The van der Waals surface area contributed by atoms with Crippen molar-refractivity contribution in [3.05, 3.63) is 102 Å². The van der Waals surface area contributed by atoms with Crippen molar-refractivity contribution in [2.75, 3.05) is 11.1 Å². The molecular weight excluding hydrogens is 439 g/mol. The number of halogens is 1. The molecule has 9 nitrogen and oxygen atoms in total. The SMILES string of the molecule is Nc1cn(-c2cccc(F)c2)nc1NC(=O)c1ccc(CNC(=O)OCc2cccnc2)cc1. The fourth-order valence-corrected chi connectivity index (χ4v) is 3.05. The van der Waals surface area contributed by atoms with E-state index in [4.69, 9.17) is 10.5 Å². The topological polar surface area (TPSA) is 124 Å². The van der Waals surface area contributed by atoms with Crippen molar-refractivity contribution in [3.63, 3.8) is 0 Å². The van der Waals surface area contributed by atoms with Gasteiger partial charge in [-0.05, 0) is 42.0 Å². The van der Waals surface area contributed by atoms with E-state index in [2.05, 4.69) is 20.7 Å². The van der Waals surface area contributed by atoms with Gasteiger partial charge in [0, 0.05) is 30.1 Å². The van der Waals surface area contributed by atoms with Crippen LogP contribution in [0.15, 0.2) is 79.3 Å². The molecule has 2 amide bonds. The molecule has 2 aromatic heterocycles. The van der Waals surface area contributed by atoms with Gasteiger partial charge in [-0.3, -0.25) is 9.78 Å². The summed E-state index contributed by atoms with van der Waals surface area (Å²) in [5.41, 5.74) is 8.61. The number of aromatic nitrogens is 3.